The van der Waals surface area contributed by atoms with Crippen molar-refractivity contribution >= 4 is 21.4 Å². The number of rotatable bonds is 3. The Kier molecular flexibility index (Phi) is 3.91. The molecule has 0 aromatic heterocycles. The van der Waals surface area contributed by atoms with E-state index in [1.54, 1.807) is 13.8 Å². The molecule has 0 amide bonds. The minimum Gasteiger partial charge on any atom is -0.399 e. The molecule has 0 atom stereocenters. The van der Waals surface area contributed by atoms with E-state index in [4.69, 9.17) is 10.5 Å². The monoisotopic (exact) mass is 315 g/mol. The molecule has 0 saturated carbocycles. The number of nitrogen functional groups attached to an aromatic ring is 1. The number of nitro groups is 1. The Morgan fingerprint density at radius 3 is 2.67 bits per heavy atom. The molecular weight excluding hydrogens is 298 g/mol. The van der Waals surface area contributed by atoms with Gasteiger partial charge in [-0.05, 0) is 26.0 Å². The van der Waals surface area contributed by atoms with Gasteiger partial charge >= 0.3 is 0 Å². The number of nitrogens with two attached hydrogens (primary N) is 1. The number of anilines is 1. The third-order valence-electron chi connectivity index (χ3n) is 3.19. The third-order valence-corrected chi connectivity index (χ3v) is 5.08. The average Bonchev–Trinajstić information content (AvgIpc) is 2.37. The zero-order valence-electron chi connectivity index (χ0n) is 11.8. The lowest BCUT2D eigenvalue weighted by Gasteiger charge is -2.37. The van der Waals surface area contributed by atoms with Gasteiger partial charge in [-0.2, -0.15) is 4.31 Å². The Morgan fingerprint density at radius 2 is 2.10 bits per heavy atom. The van der Waals surface area contributed by atoms with Gasteiger partial charge in [0.15, 0.2) is 4.90 Å². The van der Waals surface area contributed by atoms with E-state index in [1.165, 1.54) is 16.4 Å². The number of benzene rings is 1. The van der Waals surface area contributed by atoms with Crippen molar-refractivity contribution in [3.05, 3.63) is 28.3 Å². The normalized spacial score (nSPS) is 19.3. The number of nitro benzene ring substituents is 1. The van der Waals surface area contributed by atoms with Gasteiger partial charge in [-0.1, -0.05) is 0 Å². The van der Waals surface area contributed by atoms with Crippen LogP contribution >= 0.6 is 0 Å². The first kappa shape index (κ1) is 15.7. The molecule has 1 saturated heterocycles. The maximum Gasteiger partial charge on any atom is 0.291 e. The minimum atomic E-state index is -3.97. The van der Waals surface area contributed by atoms with Gasteiger partial charge in [-0.25, -0.2) is 8.42 Å². The van der Waals surface area contributed by atoms with Crippen LogP contribution in [0.15, 0.2) is 23.1 Å². The average molecular weight is 315 g/mol. The van der Waals surface area contributed by atoms with E-state index in [0.717, 1.165) is 6.07 Å². The lowest BCUT2D eigenvalue weighted by Crippen LogP contribution is -2.50. The quantitative estimate of drug-likeness (QED) is 0.505. The zero-order chi connectivity index (χ0) is 15.8. The van der Waals surface area contributed by atoms with Crippen molar-refractivity contribution in [2.45, 2.75) is 24.3 Å². The molecule has 21 heavy (non-hydrogen) atoms. The summed E-state index contributed by atoms with van der Waals surface area (Å²) in [5.41, 5.74) is 4.49. The molecule has 2 N–H and O–H groups in total. The van der Waals surface area contributed by atoms with Crippen LogP contribution in [-0.2, 0) is 14.8 Å². The number of sulfonamides is 1. The third kappa shape index (κ3) is 3.14. The van der Waals surface area contributed by atoms with Crippen LogP contribution in [0, 0.1) is 10.1 Å². The Labute approximate surface area is 122 Å². The summed E-state index contributed by atoms with van der Waals surface area (Å²) in [6.45, 7) is 4.08. The highest BCUT2D eigenvalue weighted by atomic mass is 32.2. The van der Waals surface area contributed by atoms with Crippen LogP contribution < -0.4 is 5.73 Å². The van der Waals surface area contributed by atoms with Crippen LogP contribution in [0.5, 0.6) is 0 Å². The van der Waals surface area contributed by atoms with Crippen molar-refractivity contribution in [1.82, 2.24) is 4.31 Å². The van der Waals surface area contributed by atoms with Crippen LogP contribution in [0.2, 0.25) is 0 Å². The van der Waals surface area contributed by atoms with Crippen molar-refractivity contribution in [2.24, 2.45) is 0 Å². The number of nitrogens with zero attached hydrogens (tertiary/aromatic N) is 2. The molecule has 1 fully saturated rings. The smallest absolute Gasteiger partial charge is 0.291 e. The van der Waals surface area contributed by atoms with Crippen molar-refractivity contribution in [1.29, 1.82) is 0 Å². The maximum absolute atomic E-state index is 12.6. The van der Waals surface area contributed by atoms with Crippen molar-refractivity contribution in [3.63, 3.8) is 0 Å². The van der Waals surface area contributed by atoms with Gasteiger partial charge in [-0.3, -0.25) is 10.1 Å². The van der Waals surface area contributed by atoms with E-state index in [1.807, 2.05) is 0 Å². The number of morpholine rings is 1. The molecule has 9 heteroatoms. The first-order valence-electron chi connectivity index (χ1n) is 6.31. The summed E-state index contributed by atoms with van der Waals surface area (Å²) in [5, 5.41) is 11.1. The lowest BCUT2D eigenvalue weighted by molar-refractivity contribution is -0.387. The molecule has 2 rings (SSSR count). The fourth-order valence-electron chi connectivity index (χ4n) is 2.21. The molecule has 1 aliphatic rings. The maximum atomic E-state index is 12.6. The van der Waals surface area contributed by atoms with Crippen LogP contribution in [0.1, 0.15) is 13.8 Å². The fourth-order valence-corrected chi connectivity index (χ4v) is 3.92. The predicted molar refractivity (Wildman–Crippen MR) is 76.3 cm³/mol. The summed E-state index contributed by atoms with van der Waals surface area (Å²) in [7, 11) is -3.97. The van der Waals surface area contributed by atoms with Crippen LogP contribution in [0.3, 0.4) is 0 Å². The van der Waals surface area contributed by atoms with Crippen molar-refractivity contribution < 1.29 is 18.1 Å². The molecule has 1 aromatic rings. The van der Waals surface area contributed by atoms with Crippen LogP contribution in [0.4, 0.5) is 11.4 Å². The summed E-state index contributed by atoms with van der Waals surface area (Å²) in [5.74, 6) is 0. The van der Waals surface area contributed by atoms with Crippen LogP contribution in [0.25, 0.3) is 0 Å². The highest BCUT2D eigenvalue weighted by molar-refractivity contribution is 7.89. The van der Waals surface area contributed by atoms with E-state index in [9.17, 15) is 18.5 Å². The highest BCUT2D eigenvalue weighted by Gasteiger charge is 2.38. The number of hydrogen-bond acceptors (Lipinski definition) is 6. The Morgan fingerprint density at radius 1 is 1.43 bits per heavy atom. The minimum absolute atomic E-state index is 0.136. The highest BCUT2D eigenvalue weighted by Crippen LogP contribution is 2.30. The Hall–Kier alpha value is -1.71. The molecule has 1 aliphatic heterocycles. The largest absolute Gasteiger partial charge is 0.399 e. The molecule has 8 nitrogen and oxygen atoms in total. The van der Waals surface area contributed by atoms with E-state index in [0.29, 0.717) is 0 Å². The molecule has 0 aliphatic carbocycles. The molecule has 0 spiro atoms. The van der Waals surface area contributed by atoms with Gasteiger partial charge in [0.25, 0.3) is 5.69 Å². The van der Waals surface area contributed by atoms with Gasteiger partial charge in [0.05, 0.1) is 17.1 Å². The summed E-state index contributed by atoms with van der Waals surface area (Å²) < 4.78 is 31.9. The predicted octanol–water partition coefficient (Wildman–Crippen LogP) is 0.977. The molecular formula is C12H17N3O5S. The van der Waals surface area contributed by atoms with Crippen molar-refractivity contribution in [2.75, 3.05) is 25.4 Å². The van der Waals surface area contributed by atoms with Gasteiger partial charge in [-0.15, -0.1) is 0 Å². The first-order chi connectivity index (χ1) is 9.63. The van der Waals surface area contributed by atoms with E-state index >= 15 is 0 Å². The second-order valence-electron chi connectivity index (χ2n) is 5.43. The fraction of sp³-hybridized carbons (Fsp3) is 0.500. The molecule has 0 bridgehead atoms. The van der Waals surface area contributed by atoms with E-state index < -0.39 is 26.2 Å². The van der Waals surface area contributed by atoms with Crippen LogP contribution in [-0.4, -0.2) is 42.9 Å². The van der Waals surface area contributed by atoms with Gasteiger partial charge in [0.1, 0.15) is 0 Å². The zero-order valence-corrected chi connectivity index (χ0v) is 12.6. The number of ether oxygens (including phenoxy) is 1. The van der Waals surface area contributed by atoms with E-state index in [-0.39, 0.29) is 30.3 Å². The summed E-state index contributed by atoms with van der Waals surface area (Å²) in [4.78, 5) is 9.98. The first-order valence-corrected chi connectivity index (χ1v) is 7.75. The topological polar surface area (TPSA) is 116 Å². The SMILES string of the molecule is CC1(C)CN(S(=O)(=O)c2ccc(N)cc2[N+](=O)[O-])CCO1. The Balaban J connectivity index is 2.47. The van der Waals surface area contributed by atoms with Gasteiger partial charge in [0, 0.05) is 24.8 Å². The lowest BCUT2D eigenvalue weighted by atomic mass is 10.1. The molecule has 1 aromatic carbocycles. The number of hydrogen-bond donors (Lipinski definition) is 1. The molecule has 1 heterocycles. The van der Waals surface area contributed by atoms with Crippen molar-refractivity contribution in [3.8, 4) is 0 Å². The standard InChI is InChI=1S/C12H17N3O5S/c1-12(2)8-14(5-6-20-12)21(18,19)11-4-3-9(13)7-10(11)15(16)17/h3-4,7H,5-6,8,13H2,1-2H3. The van der Waals surface area contributed by atoms with Gasteiger partial charge < -0.3 is 10.5 Å². The molecule has 0 unspecified atom stereocenters. The summed E-state index contributed by atoms with van der Waals surface area (Å²) in [6, 6.07) is 3.56. The van der Waals surface area contributed by atoms with Gasteiger partial charge in [0.2, 0.25) is 10.0 Å². The Bertz CT molecular complexity index is 671. The molecule has 0 radical (unpaired) electrons. The molecule has 116 valence electrons. The second kappa shape index (κ2) is 5.24. The second-order valence-corrected chi connectivity index (χ2v) is 7.34. The summed E-state index contributed by atoms with van der Waals surface area (Å²) >= 11 is 0. The summed E-state index contributed by atoms with van der Waals surface area (Å²) in [6.07, 6.45) is 0. The van der Waals surface area contributed by atoms with E-state index in [2.05, 4.69) is 0 Å².